The number of rotatable bonds is 7. The molecule has 0 atom stereocenters. The highest BCUT2D eigenvalue weighted by Crippen LogP contribution is 2.35. The molecule has 1 aliphatic rings. The summed E-state index contributed by atoms with van der Waals surface area (Å²) in [4.78, 5) is 24.4. The normalized spacial score (nSPS) is 14.6. The topological polar surface area (TPSA) is 84.1 Å². The molecule has 0 saturated carbocycles. The van der Waals surface area contributed by atoms with E-state index in [2.05, 4.69) is 22.2 Å². The van der Waals surface area contributed by atoms with Gasteiger partial charge in [-0.1, -0.05) is 6.07 Å². The molecule has 32 heavy (non-hydrogen) atoms. The van der Waals surface area contributed by atoms with Crippen molar-refractivity contribution in [3.63, 3.8) is 0 Å². The van der Waals surface area contributed by atoms with Crippen LogP contribution in [0.5, 0.6) is 0 Å². The van der Waals surface area contributed by atoms with Gasteiger partial charge in [-0.15, -0.1) is 36.2 Å². The van der Waals surface area contributed by atoms with Crippen LogP contribution in [0.25, 0.3) is 20.7 Å². The molecule has 0 spiro atoms. The lowest BCUT2D eigenvalue weighted by Crippen LogP contribution is -2.30. The number of piperidine rings is 1. The molecule has 0 bridgehead atoms. The molecule has 1 aromatic carbocycles. The number of amides is 1. The number of hydrogen-bond acceptors (Lipinski definition) is 6. The fourth-order valence-corrected chi connectivity index (χ4v) is 5.25. The summed E-state index contributed by atoms with van der Waals surface area (Å²) in [5.74, 6) is 1.10. The van der Waals surface area contributed by atoms with Gasteiger partial charge in [-0.05, 0) is 82.4 Å². The van der Waals surface area contributed by atoms with Gasteiger partial charge in [0.1, 0.15) is 0 Å². The van der Waals surface area contributed by atoms with Gasteiger partial charge in [0.05, 0.1) is 10.6 Å². The van der Waals surface area contributed by atoms with Crippen molar-refractivity contribution in [1.82, 2.24) is 14.9 Å². The molecule has 4 rings (SSSR count). The third-order valence-corrected chi connectivity index (χ3v) is 7.05. The van der Waals surface area contributed by atoms with E-state index in [1.54, 1.807) is 17.4 Å². The number of anilines is 1. The molecule has 3 aromatic rings. The van der Waals surface area contributed by atoms with Gasteiger partial charge in [0.2, 0.25) is 11.9 Å². The number of carbonyl (C=O) groups is 1. The van der Waals surface area contributed by atoms with Gasteiger partial charge in [-0.25, -0.2) is 9.97 Å². The number of aryl methyl sites for hydroxylation is 1. The van der Waals surface area contributed by atoms with Crippen LogP contribution in [0.1, 0.15) is 41.6 Å². The highest BCUT2D eigenvalue weighted by atomic mass is 35.5. The van der Waals surface area contributed by atoms with Gasteiger partial charge < -0.3 is 16.0 Å². The Bertz CT molecular complexity index is 1050. The number of primary amides is 1. The fourth-order valence-electron chi connectivity index (χ4n) is 4.11. The second-order valence-corrected chi connectivity index (χ2v) is 9.32. The number of fused-ring (bicyclic) bond motifs is 1. The van der Waals surface area contributed by atoms with E-state index in [4.69, 9.17) is 10.7 Å². The van der Waals surface area contributed by atoms with Crippen molar-refractivity contribution in [3.8, 4) is 10.6 Å². The molecule has 1 aliphatic heterocycles. The first-order chi connectivity index (χ1) is 14.5. The Labute approximate surface area is 205 Å². The minimum absolute atomic E-state index is 0. The average Bonchev–Trinajstić information content (AvgIpc) is 3.17. The number of halogens is 2. The lowest BCUT2D eigenvalue weighted by molar-refractivity contribution is 0.100. The van der Waals surface area contributed by atoms with Gasteiger partial charge in [0, 0.05) is 28.4 Å². The van der Waals surface area contributed by atoms with Gasteiger partial charge in [0.25, 0.3) is 0 Å². The maximum atomic E-state index is 11.7. The maximum absolute atomic E-state index is 11.7. The van der Waals surface area contributed by atoms with Crippen LogP contribution >= 0.6 is 36.2 Å². The van der Waals surface area contributed by atoms with E-state index >= 15 is 0 Å². The third-order valence-electron chi connectivity index (χ3n) is 5.94. The summed E-state index contributed by atoms with van der Waals surface area (Å²) in [5.41, 5.74) is 8.00. The zero-order valence-electron chi connectivity index (χ0n) is 18.5. The number of likely N-dealkylation sites (tertiary alicyclic amines) is 1. The number of thiophene rings is 1. The average molecular weight is 497 g/mol. The standard InChI is InChI=1S/C23H29N5OS.2ClH/c1-15-14-26-23(25-10-4-5-16-8-11-28(2)12-9-16)27-21(15)20-13-18-17(22(24)29)6-3-7-19(18)30-20;;/h3,6-7,13-14,16H,4-5,8-12H2,1-2H3,(H2,24,29)(H,25,26,27);2*1H. The number of nitrogens with zero attached hydrogens (tertiary/aromatic N) is 3. The van der Waals surface area contributed by atoms with Crippen LogP contribution in [0.4, 0.5) is 5.95 Å². The molecule has 2 aromatic heterocycles. The largest absolute Gasteiger partial charge is 0.366 e. The number of nitrogens with one attached hydrogen (secondary N) is 1. The van der Waals surface area contributed by atoms with E-state index in [9.17, 15) is 4.79 Å². The Kier molecular flexibility index (Phi) is 9.70. The van der Waals surface area contributed by atoms with Crippen molar-refractivity contribution >= 4 is 58.1 Å². The predicted octanol–water partition coefficient (Wildman–Crippen LogP) is 5.14. The van der Waals surface area contributed by atoms with Crippen molar-refractivity contribution < 1.29 is 4.79 Å². The molecule has 0 radical (unpaired) electrons. The number of hydrogen-bond donors (Lipinski definition) is 2. The van der Waals surface area contributed by atoms with Gasteiger partial charge in [0.15, 0.2) is 0 Å². The number of nitrogens with two attached hydrogens (primary N) is 1. The minimum Gasteiger partial charge on any atom is -0.366 e. The second-order valence-electron chi connectivity index (χ2n) is 8.23. The predicted molar refractivity (Wildman–Crippen MR) is 139 cm³/mol. The first-order valence-electron chi connectivity index (χ1n) is 10.6. The Morgan fingerprint density at radius 1 is 1.28 bits per heavy atom. The van der Waals surface area contributed by atoms with Crippen LogP contribution in [0.3, 0.4) is 0 Å². The molecular weight excluding hydrogens is 465 g/mol. The Balaban J connectivity index is 0.00000181. The zero-order chi connectivity index (χ0) is 21.1. The smallest absolute Gasteiger partial charge is 0.249 e. The van der Waals surface area contributed by atoms with Crippen molar-refractivity contribution in [2.24, 2.45) is 11.7 Å². The first-order valence-corrected chi connectivity index (χ1v) is 11.4. The van der Waals surface area contributed by atoms with E-state index in [-0.39, 0.29) is 24.8 Å². The molecule has 9 heteroatoms. The van der Waals surface area contributed by atoms with Gasteiger partial charge in [-0.2, -0.15) is 0 Å². The summed E-state index contributed by atoms with van der Waals surface area (Å²) in [6.07, 6.45) is 6.86. The highest BCUT2D eigenvalue weighted by molar-refractivity contribution is 7.22. The number of benzene rings is 1. The monoisotopic (exact) mass is 495 g/mol. The van der Waals surface area contributed by atoms with Crippen molar-refractivity contribution in [1.29, 1.82) is 0 Å². The molecule has 1 amide bonds. The van der Waals surface area contributed by atoms with Crippen LogP contribution in [-0.2, 0) is 0 Å². The lowest BCUT2D eigenvalue weighted by atomic mass is 9.92. The minimum atomic E-state index is -0.406. The quantitative estimate of drug-likeness (QED) is 0.443. The summed E-state index contributed by atoms with van der Waals surface area (Å²) in [7, 11) is 2.20. The van der Waals surface area contributed by atoms with E-state index in [0.29, 0.717) is 11.5 Å². The third kappa shape index (κ3) is 6.10. The second kappa shape index (κ2) is 11.8. The van der Waals surface area contributed by atoms with E-state index < -0.39 is 5.91 Å². The molecule has 0 unspecified atom stereocenters. The summed E-state index contributed by atoms with van der Waals surface area (Å²) < 4.78 is 1.03. The number of aromatic nitrogens is 2. The zero-order valence-corrected chi connectivity index (χ0v) is 20.9. The molecule has 3 heterocycles. The summed E-state index contributed by atoms with van der Waals surface area (Å²) in [6.45, 7) is 5.33. The lowest BCUT2D eigenvalue weighted by Gasteiger charge is -2.28. The molecular formula is C23H31Cl2N5OS. The maximum Gasteiger partial charge on any atom is 0.249 e. The molecule has 3 N–H and O–H groups in total. The van der Waals surface area contributed by atoms with Crippen LogP contribution in [0.15, 0.2) is 30.5 Å². The van der Waals surface area contributed by atoms with Crippen molar-refractivity contribution in [2.75, 3.05) is 32.0 Å². The first kappa shape index (κ1) is 26.3. The Hall–Kier alpha value is -1.93. The molecule has 1 saturated heterocycles. The van der Waals surface area contributed by atoms with Crippen LogP contribution in [0.2, 0.25) is 0 Å². The van der Waals surface area contributed by atoms with Gasteiger partial charge >= 0.3 is 0 Å². The van der Waals surface area contributed by atoms with E-state index in [0.717, 1.165) is 45.1 Å². The Morgan fingerprint density at radius 2 is 2.03 bits per heavy atom. The Morgan fingerprint density at radius 3 is 2.75 bits per heavy atom. The molecule has 1 fully saturated rings. The van der Waals surface area contributed by atoms with Crippen LogP contribution < -0.4 is 11.1 Å². The van der Waals surface area contributed by atoms with Crippen molar-refractivity contribution in [3.05, 3.63) is 41.6 Å². The summed E-state index contributed by atoms with van der Waals surface area (Å²) in [5, 5.41) is 4.28. The van der Waals surface area contributed by atoms with Crippen LogP contribution in [-0.4, -0.2) is 47.5 Å². The van der Waals surface area contributed by atoms with E-state index in [1.165, 1.54) is 32.4 Å². The molecule has 6 nitrogen and oxygen atoms in total. The SMILES string of the molecule is Cc1cnc(NCCCC2CCN(C)CC2)nc1-c1cc2c(C(N)=O)cccc2s1.Cl.Cl. The molecule has 174 valence electrons. The van der Waals surface area contributed by atoms with Crippen molar-refractivity contribution in [2.45, 2.75) is 32.6 Å². The summed E-state index contributed by atoms with van der Waals surface area (Å²) in [6, 6.07) is 7.66. The number of carbonyl (C=O) groups excluding carboxylic acids is 1. The fraction of sp³-hybridized carbons (Fsp3) is 0.435. The summed E-state index contributed by atoms with van der Waals surface area (Å²) >= 11 is 1.62. The van der Waals surface area contributed by atoms with E-state index in [1.807, 2.05) is 31.3 Å². The van der Waals surface area contributed by atoms with Crippen LogP contribution in [0, 0.1) is 12.8 Å². The van der Waals surface area contributed by atoms with Gasteiger partial charge in [-0.3, -0.25) is 4.79 Å². The highest BCUT2D eigenvalue weighted by Gasteiger charge is 2.16. The molecule has 0 aliphatic carbocycles.